The van der Waals surface area contributed by atoms with Gasteiger partial charge >= 0.3 is 5.97 Å². The normalized spacial score (nSPS) is 16.1. The summed E-state index contributed by atoms with van der Waals surface area (Å²) >= 11 is 0. The predicted molar refractivity (Wildman–Crippen MR) is 113 cm³/mol. The van der Waals surface area contributed by atoms with Crippen molar-refractivity contribution in [1.82, 2.24) is 4.98 Å². The molecule has 3 aromatic rings. The summed E-state index contributed by atoms with van der Waals surface area (Å²) in [7, 11) is 1.94. The van der Waals surface area contributed by atoms with Crippen LogP contribution in [0.1, 0.15) is 29.9 Å². The molecule has 0 amide bonds. The van der Waals surface area contributed by atoms with Gasteiger partial charge in [0.1, 0.15) is 5.69 Å². The number of nitrogens with zero attached hydrogens (tertiary/aromatic N) is 2. The third kappa shape index (κ3) is 3.40. The average molecular weight is 386 g/mol. The van der Waals surface area contributed by atoms with Gasteiger partial charge in [-0.15, -0.1) is 0 Å². The largest absolute Gasteiger partial charge is 0.453 e. The number of hydrogen-bond acceptors (Lipinski definition) is 5. The van der Waals surface area contributed by atoms with Crippen molar-refractivity contribution in [3.8, 4) is 0 Å². The Morgan fingerprint density at radius 3 is 2.55 bits per heavy atom. The molecule has 0 unspecified atom stereocenters. The van der Waals surface area contributed by atoms with Crippen LogP contribution in [-0.2, 0) is 14.9 Å². The van der Waals surface area contributed by atoms with Gasteiger partial charge in [-0.1, -0.05) is 56.3 Å². The Bertz CT molecular complexity index is 1150. The van der Waals surface area contributed by atoms with Gasteiger partial charge in [0, 0.05) is 35.3 Å². The summed E-state index contributed by atoms with van der Waals surface area (Å²) in [5.41, 5.74) is 3.72. The van der Waals surface area contributed by atoms with Crippen LogP contribution in [0.15, 0.2) is 72.4 Å². The van der Waals surface area contributed by atoms with Gasteiger partial charge < -0.3 is 9.64 Å². The zero-order chi connectivity index (χ0) is 20.6. The summed E-state index contributed by atoms with van der Waals surface area (Å²) in [5, 5.41) is 0.941. The van der Waals surface area contributed by atoms with E-state index in [-0.39, 0.29) is 23.5 Å². The minimum Gasteiger partial charge on any atom is -0.453 e. The lowest BCUT2D eigenvalue weighted by Gasteiger charge is -2.23. The second kappa shape index (κ2) is 7.17. The monoisotopic (exact) mass is 386 g/mol. The number of rotatable bonds is 4. The van der Waals surface area contributed by atoms with E-state index in [2.05, 4.69) is 24.9 Å². The molecule has 0 fully saturated rings. The van der Waals surface area contributed by atoms with E-state index >= 15 is 0 Å². The van der Waals surface area contributed by atoms with Crippen LogP contribution in [0.3, 0.4) is 0 Å². The molecule has 4 rings (SSSR count). The number of para-hydroxylation sites is 2. The lowest BCUT2D eigenvalue weighted by molar-refractivity contribution is -0.117. The van der Waals surface area contributed by atoms with Gasteiger partial charge in [-0.2, -0.15) is 0 Å². The maximum Gasteiger partial charge on any atom is 0.357 e. The molecule has 0 atom stereocenters. The van der Waals surface area contributed by atoms with E-state index in [0.29, 0.717) is 5.52 Å². The number of carbonyl (C=O) groups excluding carboxylic acids is 2. The van der Waals surface area contributed by atoms with Crippen molar-refractivity contribution in [2.75, 3.05) is 18.6 Å². The van der Waals surface area contributed by atoms with E-state index in [1.807, 2.05) is 60.5 Å². The number of pyridine rings is 1. The number of ketones is 1. The lowest BCUT2D eigenvalue weighted by atomic mass is 9.83. The fraction of sp³-hybridized carbons (Fsp3) is 0.208. The minimum absolute atomic E-state index is 0.190. The molecule has 0 aliphatic carbocycles. The number of hydrogen-bond donors (Lipinski definition) is 0. The number of aromatic nitrogens is 1. The molecule has 1 aromatic heterocycles. The Balaban J connectivity index is 1.48. The Morgan fingerprint density at radius 2 is 1.76 bits per heavy atom. The second-order valence-electron chi connectivity index (χ2n) is 7.66. The number of carbonyl (C=O) groups is 2. The van der Waals surface area contributed by atoms with Crippen molar-refractivity contribution in [2.24, 2.45) is 0 Å². The van der Waals surface area contributed by atoms with E-state index in [1.54, 1.807) is 12.1 Å². The van der Waals surface area contributed by atoms with Crippen molar-refractivity contribution < 1.29 is 14.3 Å². The van der Waals surface area contributed by atoms with E-state index in [4.69, 9.17) is 4.74 Å². The van der Waals surface area contributed by atoms with Crippen LogP contribution in [0.2, 0.25) is 0 Å². The van der Waals surface area contributed by atoms with E-state index in [0.717, 1.165) is 16.8 Å². The first-order chi connectivity index (χ1) is 13.9. The molecule has 29 heavy (non-hydrogen) atoms. The Kier molecular flexibility index (Phi) is 4.66. The summed E-state index contributed by atoms with van der Waals surface area (Å²) in [6.45, 7) is 3.84. The summed E-state index contributed by atoms with van der Waals surface area (Å²) in [6.07, 6.45) is 1.57. The molecule has 0 radical (unpaired) electrons. The van der Waals surface area contributed by atoms with E-state index in [1.165, 1.54) is 5.56 Å². The molecule has 0 spiro atoms. The second-order valence-corrected chi connectivity index (χ2v) is 7.66. The predicted octanol–water partition coefficient (Wildman–Crippen LogP) is 4.27. The standard InChI is InChI=1S/C24H22N2O3/c1-24(2)18-9-5-7-11-21(18)26(3)22(24)14-17(27)15-29-23(28)20-13-12-16-8-4-6-10-19(16)25-20/h4-14H,15H2,1-3H3/b22-14-. The molecule has 0 bridgehead atoms. The van der Waals surface area contributed by atoms with Crippen molar-refractivity contribution in [3.05, 3.63) is 83.7 Å². The van der Waals surface area contributed by atoms with Crippen LogP contribution in [0.25, 0.3) is 10.9 Å². The molecule has 2 aromatic carbocycles. The Labute approximate surface area is 169 Å². The highest BCUT2D eigenvalue weighted by Crippen LogP contribution is 2.46. The zero-order valence-electron chi connectivity index (χ0n) is 16.7. The quantitative estimate of drug-likeness (QED) is 0.495. The van der Waals surface area contributed by atoms with E-state index < -0.39 is 5.97 Å². The van der Waals surface area contributed by atoms with Crippen molar-refractivity contribution in [2.45, 2.75) is 19.3 Å². The minimum atomic E-state index is -0.607. The van der Waals surface area contributed by atoms with Crippen molar-refractivity contribution in [3.63, 3.8) is 0 Å². The maximum atomic E-state index is 12.5. The third-order valence-corrected chi connectivity index (χ3v) is 5.39. The van der Waals surface area contributed by atoms with Crippen LogP contribution in [0, 0.1) is 0 Å². The van der Waals surface area contributed by atoms with E-state index in [9.17, 15) is 9.59 Å². The van der Waals surface area contributed by atoms with Crippen molar-refractivity contribution >= 4 is 28.3 Å². The number of anilines is 1. The highest BCUT2D eigenvalue weighted by atomic mass is 16.5. The first-order valence-electron chi connectivity index (χ1n) is 9.49. The average Bonchev–Trinajstić information content (AvgIpc) is 2.92. The zero-order valence-corrected chi connectivity index (χ0v) is 16.7. The number of allylic oxidation sites excluding steroid dienone is 1. The molecular formula is C24H22N2O3. The number of benzene rings is 2. The van der Waals surface area contributed by atoms with Crippen LogP contribution in [0.5, 0.6) is 0 Å². The number of ether oxygens (including phenoxy) is 1. The fourth-order valence-corrected chi connectivity index (χ4v) is 3.84. The Morgan fingerprint density at radius 1 is 1.03 bits per heavy atom. The molecule has 1 aliphatic rings. The third-order valence-electron chi connectivity index (χ3n) is 5.39. The summed E-state index contributed by atoms with van der Waals surface area (Å²) in [6, 6.07) is 19.0. The van der Waals surface area contributed by atoms with Gasteiger partial charge in [-0.05, 0) is 23.8 Å². The first kappa shape index (κ1) is 18.9. The van der Waals surface area contributed by atoms with Gasteiger partial charge in [0.15, 0.2) is 12.4 Å². The number of likely N-dealkylation sites (N-methyl/N-ethyl adjacent to an activating group) is 1. The van der Waals surface area contributed by atoms with Crippen LogP contribution < -0.4 is 4.90 Å². The summed E-state index contributed by atoms with van der Waals surface area (Å²) < 4.78 is 5.22. The SMILES string of the molecule is CN1/C(=C\C(=O)COC(=O)c2ccc3ccccc3n2)C(C)(C)c2ccccc21. The topological polar surface area (TPSA) is 59.5 Å². The van der Waals surface area contributed by atoms with Crippen LogP contribution in [0.4, 0.5) is 5.69 Å². The fourth-order valence-electron chi connectivity index (χ4n) is 3.84. The molecule has 0 saturated heterocycles. The van der Waals surface area contributed by atoms with Gasteiger partial charge in [0.2, 0.25) is 0 Å². The molecular weight excluding hydrogens is 364 g/mol. The molecule has 5 heteroatoms. The van der Waals surface area contributed by atoms with Gasteiger partial charge in [-0.3, -0.25) is 4.79 Å². The first-order valence-corrected chi connectivity index (χ1v) is 9.49. The van der Waals surface area contributed by atoms with Crippen molar-refractivity contribution in [1.29, 1.82) is 0 Å². The molecule has 1 aliphatic heterocycles. The van der Waals surface area contributed by atoms with Gasteiger partial charge in [0.25, 0.3) is 0 Å². The molecule has 5 nitrogen and oxygen atoms in total. The molecule has 0 saturated carbocycles. The highest BCUT2D eigenvalue weighted by Gasteiger charge is 2.38. The highest BCUT2D eigenvalue weighted by molar-refractivity contribution is 5.96. The summed E-state index contributed by atoms with van der Waals surface area (Å²) in [4.78, 5) is 31.2. The number of esters is 1. The smallest absolute Gasteiger partial charge is 0.357 e. The molecule has 0 N–H and O–H groups in total. The summed E-state index contributed by atoms with van der Waals surface area (Å²) in [5.74, 6) is -0.869. The lowest BCUT2D eigenvalue weighted by Crippen LogP contribution is -2.25. The van der Waals surface area contributed by atoms with Gasteiger partial charge in [0.05, 0.1) is 5.52 Å². The Hall–Kier alpha value is -3.47. The van der Waals surface area contributed by atoms with Crippen LogP contribution >= 0.6 is 0 Å². The molecule has 146 valence electrons. The maximum absolute atomic E-state index is 12.5. The number of fused-ring (bicyclic) bond motifs is 2. The molecule has 2 heterocycles. The van der Waals surface area contributed by atoms with Crippen LogP contribution in [-0.4, -0.2) is 30.4 Å². The van der Waals surface area contributed by atoms with Gasteiger partial charge in [-0.25, -0.2) is 9.78 Å².